The van der Waals surface area contributed by atoms with Gasteiger partial charge in [0.1, 0.15) is 17.1 Å². The van der Waals surface area contributed by atoms with E-state index in [1.807, 2.05) is 6.92 Å². The number of carbonyl (C=O) groups excluding carboxylic acids is 3. The SMILES string of the molecule is CCC1=CC(=C=O)N(C)C2=C1C(=O)c1c(C)cc(=O)[nH]c1C2=O. The Bertz CT molecular complexity index is 940. The van der Waals surface area contributed by atoms with Crippen molar-refractivity contribution >= 4 is 17.5 Å². The summed E-state index contributed by atoms with van der Waals surface area (Å²) in [5, 5.41) is 0. The molecule has 6 heteroatoms. The third kappa shape index (κ3) is 1.96. The summed E-state index contributed by atoms with van der Waals surface area (Å²) < 4.78 is 0. The van der Waals surface area contributed by atoms with Gasteiger partial charge in [0.2, 0.25) is 11.3 Å². The maximum atomic E-state index is 12.9. The van der Waals surface area contributed by atoms with E-state index in [9.17, 15) is 19.2 Å². The first-order valence-electron chi connectivity index (χ1n) is 7.18. The average Bonchev–Trinajstić information content (AvgIpc) is 2.51. The number of aryl methyl sites for hydroxylation is 1. The monoisotopic (exact) mass is 310 g/mol. The van der Waals surface area contributed by atoms with Crippen molar-refractivity contribution in [1.29, 1.82) is 0 Å². The van der Waals surface area contributed by atoms with Crippen molar-refractivity contribution in [3.8, 4) is 0 Å². The van der Waals surface area contributed by atoms with E-state index in [0.29, 0.717) is 23.1 Å². The quantitative estimate of drug-likeness (QED) is 0.790. The van der Waals surface area contributed by atoms with E-state index >= 15 is 0 Å². The summed E-state index contributed by atoms with van der Waals surface area (Å²) in [6.07, 6.45) is 2.07. The molecular formula is C17H14N2O4. The zero-order chi connectivity index (χ0) is 16.9. The van der Waals surface area contributed by atoms with E-state index in [-0.39, 0.29) is 28.4 Å². The van der Waals surface area contributed by atoms with Crippen LogP contribution in [-0.2, 0) is 4.79 Å². The largest absolute Gasteiger partial charge is 0.332 e. The minimum absolute atomic E-state index is 0.0202. The molecule has 116 valence electrons. The van der Waals surface area contributed by atoms with Crippen molar-refractivity contribution in [3.63, 3.8) is 0 Å². The van der Waals surface area contributed by atoms with E-state index in [0.717, 1.165) is 0 Å². The number of hydrogen-bond acceptors (Lipinski definition) is 5. The first-order valence-corrected chi connectivity index (χ1v) is 7.18. The molecule has 0 atom stereocenters. The molecule has 1 N–H and O–H groups in total. The van der Waals surface area contributed by atoms with Gasteiger partial charge in [-0.1, -0.05) is 6.92 Å². The second-order valence-electron chi connectivity index (χ2n) is 5.52. The number of nitrogens with zero attached hydrogens (tertiary/aromatic N) is 1. The molecular weight excluding hydrogens is 296 g/mol. The van der Waals surface area contributed by atoms with Crippen molar-refractivity contribution in [2.24, 2.45) is 0 Å². The Morgan fingerprint density at radius 3 is 2.52 bits per heavy atom. The summed E-state index contributed by atoms with van der Waals surface area (Å²) in [4.78, 5) is 52.4. The highest BCUT2D eigenvalue weighted by molar-refractivity contribution is 6.28. The Morgan fingerprint density at radius 2 is 1.91 bits per heavy atom. The molecule has 1 aromatic heterocycles. The van der Waals surface area contributed by atoms with Crippen LogP contribution in [0, 0.1) is 6.92 Å². The minimum atomic E-state index is -0.468. The Labute approximate surface area is 131 Å². The molecule has 2 aliphatic rings. The Hall–Kier alpha value is -2.98. The fraction of sp³-hybridized carbons (Fsp3) is 0.235. The van der Waals surface area contributed by atoms with Crippen LogP contribution in [-0.4, -0.2) is 34.4 Å². The number of aromatic nitrogens is 1. The van der Waals surface area contributed by atoms with Crippen molar-refractivity contribution in [1.82, 2.24) is 9.88 Å². The van der Waals surface area contributed by atoms with E-state index in [1.165, 1.54) is 18.0 Å². The lowest BCUT2D eigenvalue weighted by molar-refractivity contribution is 0.0949. The molecule has 0 saturated carbocycles. The van der Waals surface area contributed by atoms with Gasteiger partial charge in [-0.2, -0.15) is 0 Å². The molecule has 1 aliphatic carbocycles. The zero-order valence-corrected chi connectivity index (χ0v) is 12.9. The molecule has 2 heterocycles. The fourth-order valence-electron chi connectivity index (χ4n) is 3.06. The van der Waals surface area contributed by atoms with Crippen LogP contribution in [0.1, 0.15) is 39.8 Å². The number of H-pyrrole nitrogens is 1. The van der Waals surface area contributed by atoms with Crippen molar-refractivity contribution < 1.29 is 14.4 Å². The predicted octanol–water partition coefficient (Wildman–Crippen LogP) is 1.31. The number of carbonyl (C=O) groups is 2. The van der Waals surface area contributed by atoms with Crippen LogP contribution < -0.4 is 5.56 Å². The number of likely N-dealkylation sites (N-methyl/N-ethyl adjacent to an activating group) is 1. The maximum absolute atomic E-state index is 12.9. The topological polar surface area (TPSA) is 87.3 Å². The smallest absolute Gasteiger partial charge is 0.248 e. The summed E-state index contributed by atoms with van der Waals surface area (Å²) in [5.74, 6) is 1.00. The normalized spacial score (nSPS) is 16.9. The summed E-state index contributed by atoms with van der Waals surface area (Å²) >= 11 is 0. The number of allylic oxidation sites excluding steroid dienone is 4. The number of ketones is 2. The van der Waals surface area contributed by atoms with Crippen LogP contribution in [0.4, 0.5) is 0 Å². The molecule has 0 unspecified atom stereocenters. The van der Waals surface area contributed by atoms with Gasteiger partial charge in [-0.05, 0) is 30.6 Å². The standard InChI is InChI=1S/C17H14N2O4/c1-4-9-6-10(7-20)19(3)15-13(9)16(22)12-8(2)5-11(21)18-14(12)17(15)23/h5-6H,4H2,1-3H3,(H,18,21). The summed E-state index contributed by atoms with van der Waals surface area (Å²) in [6.45, 7) is 3.47. The lowest BCUT2D eigenvalue weighted by Gasteiger charge is -2.32. The number of fused-ring (bicyclic) bond motifs is 1. The van der Waals surface area contributed by atoms with E-state index < -0.39 is 11.3 Å². The molecule has 0 fully saturated rings. The number of nitrogens with one attached hydrogen (secondary N) is 1. The number of pyridine rings is 1. The molecule has 0 amide bonds. The summed E-state index contributed by atoms with van der Waals surface area (Å²) in [5.41, 5.74) is 1.42. The van der Waals surface area contributed by atoms with Crippen molar-refractivity contribution in [2.75, 3.05) is 7.05 Å². The van der Waals surface area contributed by atoms with Crippen LogP contribution in [0.25, 0.3) is 0 Å². The molecule has 0 radical (unpaired) electrons. The van der Waals surface area contributed by atoms with Crippen LogP contribution in [0.5, 0.6) is 0 Å². The van der Waals surface area contributed by atoms with E-state index in [4.69, 9.17) is 0 Å². The van der Waals surface area contributed by atoms with E-state index in [1.54, 1.807) is 18.9 Å². The third-order valence-electron chi connectivity index (χ3n) is 4.19. The second kappa shape index (κ2) is 5.04. The number of Topliss-reactive ketones (excluding diaryl/α,β-unsaturated/α-hetero) is 2. The van der Waals surface area contributed by atoms with Gasteiger partial charge in [0, 0.05) is 13.1 Å². The van der Waals surface area contributed by atoms with Gasteiger partial charge in [-0.15, -0.1) is 0 Å². The number of hydrogen-bond donors (Lipinski definition) is 1. The van der Waals surface area contributed by atoms with Gasteiger partial charge in [0.25, 0.3) is 0 Å². The van der Waals surface area contributed by atoms with Gasteiger partial charge in [0.15, 0.2) is 11.7 Å². The van der Waals surface area contributed by atoms with Crippen LogP contribution in [0.2, 0.25) is 0 Å². The highest BCUT2D eigenvalue weighted by Gasteiger charge is 2.40. The molecule has 1 aromatic rings. The molecule has 0 saturated heterocycles. The van der Waals surface area contributed by atoms with Gasteiger partial charge in [-0.25, -0.2) is 4.79 Å². The van der Waals surface area contributed by atoms with Crippen molar-refractivity contribution in [2.45, 2.75) is 20.3 Å². The first kappa shape index (κ1) is 14.9. The van der Waals surface area contributed by atoms with Crippen LogP contribution >= 0.6 is 0 Å². The predicted molar refractivity (Wildman–Crippen MR) is 82.8 cm³/mol. The number of aromatic amines is 1. The molecule has 3 rings (SSSR count). The van der Waals surface area contributed by atoms with Gasteiger partial charge < -0.3 is 9.88 Å². The lowest BCUT2D eigenvalue weighted by Crippen LogP contribution is -2.37. The summed E-state index contributed by atoms with van der Waals surface area (Å²) in [6, 6.07) is 1.30. The van der Waals surface area contributed by atoms with Crippen LogP contribution in [0.3, 0.4) is 0 Å². The molecule has 23 heavy (non-hydrogen) atoms. The minimum Gasteiger partial charge on any atom is -0.332 e. The fourth-order valence-corrected chi connectivity index (χ4v) is 3.06. The maximum Gasteiger partial charge on any atom is 0.248 e. The average molecular weight is 310 g/mol. The Morgan fingerprint density at radius 1 is 1.22 bits per heavy atom. The lowest BCUT2D eigenvalue weighted by atomic mass is 9.81. The second-order valence-corrected chi connectivity index (χ2v) is 5.52. The van der Waals surface area contributed by atoms with E-state index in [2.05, 4.69) is 4.98 Å². The Balaban J connectivity index is 2.37. The molecule has 0 aromatic carbocycles. The molecule has 6 nitrogen and oxygen atoms in total. The van der Waals surface area contributed by atoms with Crippen molar-refractivity contribution in [3.05, 3.63) is 61.9 Å². The van der Waals surface area contributed by atoms with Gasteiger partial charge >= 0.3 is 0 Å². The third-order valence-corrected chi connectivity index (χ3v) is 4.19. The zero-order valence-electron chi connectivity index (χ0n) is 12.9. The first-order chi connectivity index (χ1) is 10.9. The Kier molecular flexibility index (Phi) is 3.27. The molecule has 0 bridgehead atoms. The van der Waals surface area contributed by atoms with Crippen LogP contribution in [0.15, 0.2) is 39.5 Å². The van der Waals surface area contributed by atoms with Gasteiger partial charge in [-0.3, -0.25) is 14.4 Å². The highest BCUT2D eigenvalue weighted by Crippen LogP contribution is 2.37. The molecule has 0 spiro atoms. The highest BCUT2D eigenvalue weighted by atomic mass is 16.1. The van der Waals surface area contributed by atoms with Gasteiger partial charge in [0.05, 0.1) is 11.1 Å². The number of rotatable bonds is 1. The summed E-state index contributed by atoms with van der Waals surface area (Å²) in [7, 11) is 1.53. The molecule has 1 aliphatic heterocycles.